The number of methoxy groups -OCH3 is 1. The number of aliphatic hydroxyl groups is 1. The van der Waals surface area contributed by atoms with Crippen LogP contribution >= 0.6 is 0 Å². The van der Waals surface area contributed by atoms with Gasteiger partial charge < -0.3 is 26.0 Å². The number of esters is 1. The van der Waals surface area contributed by atoms with Crippen LogP contribution in [0.5, 0.6) is 0 Å². The van der Waals surface area contributed by atoms with Gasteiger partial charge in [0.1, 0.15) is 6.04 Å². The van der Waals surface area contributed by atoms with Crippen LogP contribution in [-0.4, -0.2) is 53.9 Å². The van der Waals surface area contributed by atoms with E-state index in [2.05, 4.69) is 17.0 Å². The highest BCUT2D eigenvalue weighted by Gasteiger charge is 2.25. The molecule has 0 saturated heterocycles. The first-order valence-electron chi connectivity index (χ1n) is 8.36. The van der Waals surface area contributed by atoms with Crippen LogP contribution in [0.3, 0.4) is 0 Å². The molecule has 1 aromatic rings. The number of carboxylic acids is 1. The van der Waals surface area contributed by atoms with E-state index in [0.717, 1.165) is 18.4 Å². The van der Waals surface area contributed by atoms with Gasteiger partial charge in [0.2, 0.25) is 5.91 Å². The van der Waals surface area contributed by atoms with Gasteiger partial charge in [0.05, 0.1) is 19.6 Å². The Morgan fingerprint density at radius 2 is 1.85 bits per heavy atom. The lowest BCUT2D eigenvalue weighted by Crippen LogP contribution is -2.50. The van der Waals surface area contributed by atoms with Crippen LogP contribution in [0.4, 0.5) is 0 Å². The zero-order chi connectivity index (χ0) is 19.9. The largest absolute Gasteiger partial charge is 0.481 e. The van der Waals surface area contributed by atoms with Crippen LogP contribution in [0.1, 0.15) is 31.7 Å². The molecule has 5 N–H and O–H groups in total. The highest BCUT2D eigenvalue weighted by atomic mass is 16.5. The van der Waals surface area contributed by atoms with E-state index in [4.69, 9.17) is 15.9 Å². The normalized spacial score (nSPS) is 12.2. The molecular formula is C18H28N2O6. The summed E-state index contributed by atoms with van der Waals surface area (Å²) in [5.41, 5.74) is 6.29. The fraction of sp³-hybridized carbons (Fsp3) is 0.500. The van der Waals surface area contributed by atoms with Crippen molar-refractivity contribution < 1.29 is 29.3 Å². The first-order chi connectivity index (χ1) is 12.3. The summed E-state index contributed by atoms with van der Waals surface area (Å²) >= 11 is 0. The number of unbranched alkanes of at least 4 members (excludes halogenated alkanes) is 1. The molecule has 26 heavy (non-hydrogen) atoms. The second-order valence-electron chi connectivity index (χ2n) is 5.56. The first kappa shape index (κ1) is 23.5. The maximum Gasteiger partial charge on any atom is 0.328 e. The number of rotatable bonds is 9. The van der Waals surface area contributed by atoms with E-state index in [1.807, 2.05) is 18.2 Å². The van der Waals surface area contributed by atoms with Crippen molar-refractivity contribution >= 4 is 17.8 Å². The number of ether oxygens (including phenoxy) is 1. The highest BCUT2D eigenvalue weighted by molar-refractivity contribution is 5.89. The molecule has 1 amide bonds. The molecule has 0 saturated carbocycles. The summed E-state index contributed by atoms with van der Waals surface area (Å²) in [5, 5.41) is 19.1. The third kappa shape index (κ3) is 10.4. The first-order valence-corrected chi connectivity index (χ1v) is 8.36. The molecule has 0 aliphatic heterocycles. The van der Waals surface area contributed by atoms with Gasteiger partial charge in [-0.15, -0.1) is 0 Å². The average Bonchev–Trinajstić information content (AvgIpc) is 2.62. The summed E-state index contributed by atoms with van der Waals surface area (Å²) in [5.74, 6) is -2.51. The minimum absolute atomic E-state index is 0.235. The van der Waals surface area contributed by atoms with Gasteiger partial charge in [-0.05, 0) is 12.0 Å². The molecule has 0 unspecified atom stereocenters. The summed E-state index contributed by atoms with van der Waals surface area (Å²) in [6.45, 7) is 2.40. The quantitative estimate of drug-likeness (QED) is 0.465. The Labute approximate surface area is 153 Å². The molecule has 0 spiro atoms. The van der Waals surface area contributed by atoms with E-state index in [1.54, 1.807) is 12.1 Å². The van der Waals surface area contributed by atoms with Crippen molar-refractivity contribution in [3.8, 4) is 0 Å². The SMILES string of the molecule is CCCCO.COC(=O)[C@H](Cc1ccccc1)NC(=O)[C@@H](N)CC(=O)O. The number of hydrogen-bond donors (Lipinski definition) is 4. The number of carbonyl (C=O) groups is 3. The predicted octanol–water partition coefficient (Wildman–Crippen LogP) is 0.468. The van der Waals surface area contributed by atoms with Crippen molar-refractivity contribution in [3.63, 3.8) is 0 Å². The van der Waals surface area contributed by atoms with Crippen molar-refractivity contribution in [3.05, 3.63) is 35.9 Å². The van der Waals surface area contributed by atoms with Gasteiger partial charge in [0.15, 0.2) is 0 Å². The number of nitrogens with one attached hydrogen (secondary N) is 1. The second kappa shape index (κ2) is 13.8. The van der Waals surface area contributed by atoms with Crippen LogP contribution in [-0.2, 0) is 25.5 Å². The minimum atomic E-state index is -1.22. The van der Waals surface area contributed by atoms with Crippen LogP contribution in [0, 0.1) is 0 Å². The zero-order valence-electron chi connectivity index (χ0n) is 15.2. The number of nitrogens with two attached hydrogens (primary N) is 1. The Morgan fingerprint density at radius 3 is 2.27 bits per heavy atom. The fourth-order valence-electron chi connectivity index (χ4n) is 1.90. The molecule has 2 atom stereocenters. The average molecular weight is 368 g/mol. The van der Waals surface area contributed by atoms with Crippen molar-refractivity contribution in [1.29, 1.82) is 0 Å². The molecule has 1 rings (SSSR count). The van der Waals surface area contributed by atoms with Gasteiger partial charge in [-0.1, -0.05) is 43.7 Å². The van der Waals surface area contributed by atoms with Crippen LogP contribution in [0.25, 0.3) is 0 Å². The molecule has 8 heteroatoms. The molecule has 146 valence electrons. The molecule has 0 aliphatic rings. The van der Waals surface area contributed by atoms with Crippen LogP contribution in [0.15, 0.2) is 30.3 Å². The number of benzene rings is 1. The molecule has 1 aromatic carbocycles. The highest BCUT2D eigenvalue weighted by Crippen LogP contribution is 2.05. The lowest BCUT2D eigenvalue weighted by atomic mass is 10.1. The fourth-order valence-corrected chi connectivity index (χ4v) is 1.90. The van der Waals surface area contributed by atoms with E-state index in [-0.39, 0.29) is 6.42 Å². The number of amides is 1. The summed E-state index contributed by atoms with van der Waals surface area (Å²) in [6.07, 6.45) is 1.76. The molecule has 0 aliphatic carbocycles. The Hall–Kier alpha value is -2.45. The third-order valence-corrected chi connectivity index (χ3v) is 3.33. The topological polar surface area (TPSA) is 139 Å². The number of carbonyl (C=O) groups excluding carboxylic acids is 2. The van der Waals surface area contributed by atoms with Crippen LogP contribution in [0.2, 0.25) is 0 Å². The van der Waals surface area contributed by atoms with E-state index in [9.17, 15) is 14.4 Å². The Kier molecular flexibility index (Phi) is 12.5. The molecular weight excluding hydrogens is 340 g/mol. The number of hydrogen-bond acceptors (Lipinski definition) is 6. The van der Waals surface area contributed by atoms with E-state index in [1.165, 1.54) is 7.11 Å². The number of carboxylic acid groups (broad SMARTS) is 1. The third-order valence-electron chi connectivity index (χ3n) is 3.33. The number of aliphatic carboxylic acids is 1. The molecule has 0 radical (unpaired) electrons. The van der Waals surface area contributed by atoms with Crippen molar-refractivity contribution in [2.24, 2.45) is 5.73 Å². The number of aliphatic hydroxyl groups excluding tert-OH is 1. The Balaban J connectivity index is 0.00000110. The van der Waals surface area contributed by atoms with Gasteiger partial charge in [0, 0.05) is 13.0 Å². The Morgan fingerprint density at radius 1 is 1.23 bits per heavy atom. The Bertz CT molecular complexity index is 548. The summed E-state index contributed by atoms with van der Waals surface area (Å²) in [7, 11) is 1.21. The van der Waals surface area contributed by atoms with E-state index in [0.29, 0.717) is 6.61 Å². The summed E-state index contributed by atoms with van der Waals surface area (Å²) < 4.78 is 4.64. The monoisotopic (exact) mass is 368 g/mol. The second-order valence-corrected chi connectivity index (χ2v) is 5.56. The lowest BCUT2D eigenvalue weighted by Gasteiger charge is -2.18. The molecule has 0 fully saturated rings. The molecule has 0 aromatic heterocycles. The molecule has 0 heterocycles. The molecule has 8 nitrogen and oxygen atoms in total. The van der Waals surface area contributed by atoms with Crippen molar-refractivity contribution in [2.75, 3.05) is 13.7 Å². The van der Waals surface area contributed by atoms with Crippen LogP contribution < -0.4 is 11.1 Å². The van der Waals surface area contributed by atoms with Gasteiger partial charge >= 0.3 is 11.9 Å². The molecule has 0 bridgehead atoms. The van der Waals surface area contributed by atoms with Gasteiger partial charge in [-0.2, -0.15) is 0 Å². The predicted molar refractivity (Wildman–Crippen MR) is 96.3 cm³/mol. The van der Waals surface area contributed by atoms with Crippen molar-refractivity contribution in [1.82, 2.24) is 5.32 Å². The van der Waals surface area contributed by atoms with Crippen molar-refractivity contribution in [2.45, 2.75) is 44.7 Å². The maximum absolute atomic E-state index is 11.8. The maximum atomic E-state index is 11.8. The van der Waals surface area contributed by atoms with Gasteiger partial charge in [-0.3, -0.25) is 9.59 Å². The standard InChI is InChI=1S/C14H18N2O5.C4H10O/c1-21-14(20)11(7-9-5-3-2-4-6-9)16-13(19)10(15)8-12(17)18;1-2-3-4-5/h2-6,10-11H,7-8,15H2,1H3,(H,16,19)(H,17,18);5H,2-4H2,1H3/t10-,11-;/m0./s1. The smallest absolute Gasteiger partial charge is 0.328 e. The minimum Gasteiger partial charge on any atom is -0.481 e. The lowest BCUT2D eigenvalue weighted by molar-refractivity contribution is -0.145. The van der Waals surface area contributed by atoms with Gasteiger partial charge in [-0.25, -0.2) is 4.79 Å². The van der Waals surface area contributed by atoms with Gasteiger partial charge in [0.25, 0.3) is 0 Å². The summed E-state index contributed by atoms with van der Waals surface area (Å²) in [6, 6.07) is 6.93. The zero-order valence-corrected chi connectivity index (χ0v) is 15.2. The van der Waals surface area contributed by atoms with E-state index >= 15 is 0 Å². The summed E-state index contributed by atoms with van der Waals surface area (Å²) in [4.78, 5) is 34.0. The van der Waals surface area contributed by atoms with E-state index < -0.39 is 36.4 Å².